The van der Waals surface area contributed by atoms with E-state index in [0.717, 1.165) is 16.6 Å². The highest BCUT2D eigenvalue weighted by atomic mass is 32.2. The number of thiazole rings is 1. The number of nitrogens with zero attached hydrogens (tertiary/aromatic N) is 2. The molecule has 1 aromatic carbocycles. The monoisotopic (exact) mass is 400 g/mol. The van der Waals surface area contributed by atoms with E-state index >= 15 is 0 Å². The normalized spacial score (nSPS) is 29.7. The van der Waals surface area contributed by atoms with Crippen LogP contribution < -0.4 is 4.90 Å². The number of amides is 2. The molecule has 2 heterocycles. The number of thioether (sulfide) groups is 1. The SMILES string of the molecule is CC(Sc1nc2ccc(N3C(=O)C4C5C=CC(C5)C4C3=O)cc2s1)C(=O)O. The summed E-state index contributed by atoms with van der Waals surface area (Å²) >= 11 is 2.57. The fourth-order valence-electron chi connectivity index (χ4n) is 4.44. The summed E-state index contributed by atoms with van der Waals surface area (Å²) in [7, 11) is 0. The largest absolute Gasteiger partial charge is 0.480 e. The third-order valence-corrected chi connectivity index (χ3v) is 7.91. The number of rotatable bonds is 4. The molecule has 2 aromatic rings. The van der Waals surface area contributed by atoms with Gasteiger partial charge in [0.1, 0.15) is 5.25 Å². The van der Waals surface area contributed by atoms with Crippen LogP contribution in [0.3, 0.4) is 0 Å². The van der Waals surface area contributed by atoms with E-state index in [4.69, 9.17) is 5.11 Å². The molecule has 1 saturated heterocycles. The summed E-state index contributed by atoms with van der Waals surface area (Å²) in [6.07, 6.45) is 5.08. The molecule has 5 atom stereocenters. The van der Waals surface area contributed by atoms with Crippen molar-refractivity contribution in [1.82, 2.24) is 4.98 Å². The van der Waals surface area contributed by atoms with Crippen molar-refractivity contribution >= 4 is 56.8 Å². The van der Waals surface area contributed by atoms with Gasteiger partial charge < -0.3 is 5.11 Å². The highest BCUT2D eigenvalue weighted by Crippen LogP contribution is 2.53. The summed E-state index contributed by atoms with van der Waals surface area (Å²) in [6, 6.07) is 5.36. The fraction of sp³-hybridized carbons (Fsp3) is 0.368. The first-order chi connectivity index (χ1) is 12.9. The molecular formula is C19H16N2O4S2. The lowest BCUT2D eigenvalue weighted by atomic mass is 9.85. The van der Waals surface area contributed by atoms with Gasteiger partial charge in [0.25, 0.3) is 0 Å². The van der Waals surface area contributed by atoms with Crippen LogP contribution in [0.25, 0.3) is 10.2 Å². The summed E-state index contributed by atoms with van der Waals surface area (Å²) in [4.78, 5) is 42.7. The van der Waals surface area contributed by atoms with E-state index in [1.54, 1.807) is 19.1 Å². The molecule has 2 amide bonds. The number of carboxylic acids is 1. The van der Waals surface area contributed by atoms with Gasteiger partial charge in [0.15, 0.2) is 4.34 Å². The number of carbonyl (C=O) groups excluding carboxylic acids is 2. The average Bonchev–Trinajstić information content (AvgIpc) is 3.37. The van der Waals surface area contributed by atoms with Gasteiger partial charge in [-0.1, -0.05) is 23.9 Å². The predicted molar refractivity (Wildman–Crippen MR) is 103 cm³/mol. The standard InChI is InChI=1S/C19H16N2O4S2/c1-8(18(24)25)26-19-20-12-5-4-11(7-13(12)27-19)21-16(22)14-9-2-3-10(6-9)15(14)17(21)23/h2-5,7-10,14-15H,6H2,1H3,(H,24,25). The minimum atomic E-state index is -0.886. The van der Waals surface area contributed by atoms with Gasteiger partial charge in [-0.15, -0.1) is 11.3 Å². The number of hydrogen-bond donors (Lipinski definition) is 1. The zero-order valence-corrected chi connectivity index (χ0v) is 16.0. The maximum atomic E-state index is 12.9. The third kappa shape index (κ3) is 2.46. The van der Waals surface area contributed by atoms with Crippen LogP contribution in [0.5, 0.6) is 0 Å². The Balaban J connectivity index is 1.46. The van der Waals surface area contributed by atoms with Crippen LogP contribution in [0, 0.1) is 23.7 Å². The first-order valence-electron chi connectivity index (χ1n) is 8.80. The van der Waals surface area contributed by atoms with E-state index in [2.05, 4.69) is 17.1 Å². The number of allylic oxidation sites excluding steroid dienone is 2. The van der Waals surface area contributed by atoms with Crippen molar-refractivity contribution in [1.29, 1.82) is 0 Å². The highest BCUT2D eigenvalue weighted by Gasteiger charge is 2.59. The predicted octanol–water partition coefficient (Wildman–Crippen LogP) is 3.17. The summed E-state index contributed by atoms with van der Waals surface area (Å²) in [5, 5.41) is 8.47. The Morgan fingerprint density at radius 2 is 1.93 bits per heavy atom. The number of aromatic nitrogens is 1. The van der Waals surface area contributed by atoms with Crippen LogP contribution in [0.1, 0.15) is 13.3 Å². The topological polar surface area (TPSA) is 87.6 Å². The molecule has 1 aromatic heterocycles. The van der Waals surface area contributed by atoms with E-state index in [9.17, 15) is 14.4 Å². The van der Waals surface area contributed by atoms with Crippen molar-refractivity contribution in [2.24, 2.45) is 23.7 Å². The molecule has 5 unspecified atom stereocenters. The van der Waals surface area contributed by atoms with Gasteiger partial charge in [-0.2, -0.15) is 0 Å². The van der Waals surface area contributed by atoms with E-state index in [0.29, 0.717) is 10.0 Å². The molecule has 5 rings (SSSR count). The van der Waals surface area contributed by atoms with E-state index in [1.807, 2.05) is 6.07 Å². The number of carbonyl (C=O) groups is 3. The number of anilines is 1. The molecule has 138 valence electrons. The number of fused-ring (bicyclic) bond motifs is 6. The van der Waals surface area contributed by atoms with Gasteiger partial charge in [0.05, 0.1) is 27.7 Å². The first-order valence-corrected chi connectivity index (χ1v) is 10.5. The summed E-state index contributed by atoms with van der Waals surface area (Å²) in [6.45, 7) is 1.62. The van der Waals surface area contributed by atoms with Crippen molar-refractivity contribution < 1.29 is 19.5 Å². The van der Waals surface area contributed by atoms with E-state index in [1.165, 1.54) is 28.0 Å². The van der Waals surface area contributed by atoms with Gasteiger partial charge in [-0.25, -0.2) is 9.88 Å². The quantitative estimate of drug-likeness (QED) is 0.482. The van der Waals surface area contributed by atoms with Crippen LogP contribution in [0.15, 0.2) is 34.7 Å². The van der Waals surface area contributed by atoms with Crippen molar-refractivity contribution in [3.63, 3.8) is 0 Å². The van der Waals surface area contributed by atoms with Crippen molar-refractivity contribution in [3.05, 3.63) is 30.4 Å². The lowest BCUT2D eigenvalue weighted by molar-refractivity contribution is -0.136. The molecule has 3 aliphatic rings. The number of benzene rings is 1. The van der Waals surface area contributed by atoms with Crippen molar-refractivity contribution in [2.45, 2.75) is 22.9 Å². The highest BCUT2D eigenvalue weighted by molar-refractivity contribution is 8.02. The van der Waals surface area contributed by atoms with Crippen LogP contribution in [0.2, 0.25) is 0 Å². The van der Waals surface area contributed by atoms with E-state index in [-0.39, 0.29) is 35.5 Å². The Kier molecular flexibility index (Phi) is 3.70. The van der Waals surface area contributed by atoms with Crippen LogP contribution >= 0.6 is 23.1 Å². The second kappa shape index (κ2) is 5.90. The lowest BCUT2D eigenvalue weighted by Crippen LogP contribution is -2.32. The summed E-state index contributed by atoms with van der Waals surface area (Å²) < 4.78 is 1.50. The Hall–Kier alpha value is -2.19. The molecule has 2 fully saturated rings. The van der Waals surface area contributed by atoms with Gasteiger partial charge in [-0.3, -0.25) is 14.4 Å². The number of aliphatic carboxylic acids is 1. The average molecular weight is 400 g/mol. The second-order valence-corrected chi connectivity index (χ2v) is 9.86. The second-order valence-electron chi connectivity index (χ2n) is 7.24. The zero-order chi connectivity index (χ0) is 18.9. The molecule has 2 aliphatic carbocycles. The van der Waals surface area contributed by atoms with Crippen molar-refractivity contribution in [3.8, 4) is 0 Å². The lowest BCUT2D eigenvalue weighted by Gasteiger charge is -2.17. The van der Waals surface area contributed by atoms with Gasteiger partial charge in [0, 0.05) is 0 Å². The molecule has 1 N–H and O–H groups in total. The molecule has 6 nitrogen and oxygen atoms in total. The molecule has 0 radical (unpaired) electrons. The number of imide groups is 1. The molecule has 1 saturated carbocycles. The smallest absolute Gasteiger partial charge is 0.316 e. The van der Waals surface area contributed by atoms with Crippen LogP contribution in [0.4, 0.5) is 5.69 Å². The molecular weight excluding hydrogens is 384 g/mol. The molecule has 8 heteroatoms. The molecule has 1 aliphatic heterocycles. The minimum Gasteiger partial charge on any atom is -0.480 e. The molecule has 27 heavy (non-hydrogen) atoms. The zero-order valence-electron chi connectivity index (χ0n) is 14.4. The Morgan fingerprint density at radius 1 is 1.26 bits per heavy atom. The van der Waals surface area contributed by atoms with Gasteiger partial charge in [0.2, 0.25) is 11.8 Å². The third-order valence-electron chi connectivity index (χ3n) is 5.71. The van der Waals surface area contributed by atoms with Crippen molar-refractivity contribution in [2.75, 3.05) is 4.90 Å². The van der Waals surface area contributed by atoms with Crippen LogP contribution in [-0.4, -0.2) is 33.1 Å². The van der Waals surface area contributed by atoms with Gasteiger partial charge >= 0.3 is 5.97 Å². The maximum absolute atomic E-state index is 12.9. The Morgan fingerprint density at radius 3 is 2.56 bits per heavy atom. The number of hydrogen-bond acceptors (Lipinski definition) is 6. The summed E-state index contributed by atoms with van der Waals surface area (Å²) in [5.41, 5.74) is 1.32. The Bertz CT molecular complexity index is 1000. The maximum Gasteiger partial charge on any atom is 0.316 e. The molecule has 0 spiro atoms. The minimum absolute atomic E-state index is 0.0974. The van der Waals surface area contributed by atoms with E-state index < -0.39 is 11.2 Å². The first kappa shape index (κ1) is 16.9. The Labute approximate surface area is 163 Å². The fourth-order valence-corrected chi connectivity index (χ4v) is 6.62. The van der Waals surface area contributed by atoms with Crippen LogP contribution in [-0.2, 0) is 14.4 Å². The van der Waals surface area contributed by atoms with Gasteiger partial charge in [-0.05, 0) is 43.4 Å². The summed E-state index contributed by atoms with van der Waals surface area (Å²) in [5.74, 6) is -1.13. The molecule has 2 bridgehead atoms. The number of carboxylic acid groups (broad SMARTS) is 1.